The molecular weight excluding hydrogens is 296 g/mol. The quantitative estimate of drug-likeness (QED) is 0.759. The van der Waals surface area contributed by atoms with E-state index >= 15 is 0 Å². The van der Waals surface area contributed by atoms with Gasteiger partial charge in [-0.2, -0.15) is 10.2 Å². The summed E-state index contributed by atoms with van der Waals surface area (Å²) in [4.78, 5) is 19.1. The number of amides is 1. The van der Waals surface area contributed by atoms with Crippen molar-refractivity contribution in [2.45, 2.75) is 6.04 Å². The average molecular weight is 312 g/mol. The lowest BCUT2D eigenvalue weighted by Gasteiger charge is -2.35. The summed E-state index contributed by atoms with van der Waals surface area (Å²) in [6.45, 7) is 1.53. The summed E-state index contributed by atoms with van der Waals surface area (Å²) >= 11 is 0. The second-order valence-electron chi connectivity index (χ2n) is 5.46. The van der Waals surface area contributed by atoms with Crippen molar-refractivity contribution in [1.29, 1.82) is 0 Å². The van der Waals surface area contributed by atoms with Crippen molar-refractivity contribution < 1.29 is 9.53 Å². The van der Waals surface area contributed by atoms with Gasteiger partial charge in [-0.15, -0.1) is 0 Å². The predicted molar refractivity (Wildman–Crippen MR) is 81.7 cm³/mol. The smallest absolute Gasteiger partial charge is 0.255 e. The maximum Gasteiger partial charge on any atom is 0.255 e. The standard InChI is InChI=1S/C15H16N6O2/c1-20-12(3-5-18-20)13-9-23-7-6-21(13)15(22)10-2-4-16-14-11(10)8-17-19-14/h2-5,8,13H,6-7,9H2,1H3,(H,16,17,19). The Kier molecular flexibility index (Phi) is 3.30. The third kappa shape index (κ3) is 2.27. The van der Waals surface area contributed by atoms with Gasteiger partial charge < -0.3 is 9.64 Å². The van der Waals surface area contributed by atoms with Gasteiger partial charge in [0.1, 0.15) is 0 Å². The topological polar surface area (TPSA) is 88.9 Å². The summed E-state index contributed by atoms with van der Waals surface area (Å²) in [6, 6.07) is 3.49. The fourth-order valence-electron chi connectivity index (χ4n) is 2.99. The zero-order valence-electron chi connectivity index (χ0n) is 12.6. The van der Waals surface area contributed by atoms with E-state index < -0.39 is 0 Å². The molecule has 1 aliphatic rings. The molecule has 8 nitrogen and oxygen atoms in total. The van der Waals surface area contributed by atoms with Crippen molar-refractivity contribution in [2.75, 3.05) is 19.8 Å². The van der Waals surface area contributed by atoms with Gasteiger partial charge in [-0.05, 0) is 12.1 Å². The van der Waals surface area contributed by atoms with Crippen LogP contribution in [0.2, 0.25) is 0 Å². The van der Waals surface area contributed by atoms with E-state index in [-0.39, 0.29) is 11.9 Å². The molecule has 3 aromatic rings. The molecule has 1 amide bonds. The number of carbonyl (C=O) groups excluding carboxylic acids is 1. The Morgan fingerprint density at radius 1 is 1.39 bits per heavy atom. The first-order chi connectivity index (χ1) is 11.3. The van der Waals surface area contributed by atoms with E-state index in [1.165, 1.54) is 0 Å². The molecule has 0 aliphatic carbocycles. The van der Waals surface area contributed by atoms with Gasteiger partial charge in [0.25, 0.3) is 5.91 Å². The van der Waals surface area contributed by atoms with E-state index in [0.717, 1.165) is 11.1 Å². The predicted octanol–water partition coefficient (Wildman–Crippen LogP) is 0.905. The molecule has 118 valence electrons. The third-order valence-electron chi connectivity index (χ3n) is 4.17. The van der Waals surface area contributed by atoms with Crippen LogP contribution in [0.15, 0.2) is 30.7 Å². The highest BCUT2D eigenvalue weighted by Crippen LogP contribution is 2.27. The van der Waals surface area contributed by atoms with Gasteiger partial charge in [0.2, 0.25) is 0 Å². The van der Waals surface area contributed by atoms with Gasteiger partial charge >= 0.3 is 0 Å². The largest absolute Gasteiger partial charge is 0.377 e. The summed E-state index contributed by atoms with van der Waals surface area (Å²) in [6.07, 6.45) is 4.98. The minimum absolute atomic E-state index is 0.0479. The van der Waals surface area contributed by atoms with Crippen LogP contribution in [0.1, 0.15) is 22.1 Å². The maximum atomic E-state index is 13.1. The molecule has 0 radical (unpaired) electrons. The number of pyridine rings is 1. The van der Waals surface area contributed by atoms with Crippen LogP contribution in [-0.2, 0) is 11.8 Å². The molecule has 0 saturated carbocycles. The van der Waals surface area contributed by atoms with Gasteiger partial charge in [0.05, 0.1) is 42.1 Å². The lowest BCUT2D eigenvalue weighted by Crippen LogP contribution is -2.44. The van der Waals surface area contributed by atoms with E-state index in [9.17, 15) is 4.79 Å². The first kappa shape index (κ1) is 13.9. The summed E-state index contributed by atoms with van der Waals surface area (Å²) in [5, 5.41) is 11.7. The highest BCUT2D eigenvalue weighted by atomic mass is 16.5. The molecule has 4 rings (SSSR count). The van der Waals surface area contributed by atoms with E-state index in [4.69, 9.17) is 4.74 Å². The normalized spacial score (nSPS) is 18.5. The number of carbonyl (C=O) groups is 1. The highest BCUT2D eigenvalue weighted by Gasteiger charge is 2.32. The van der Waals surface area contributed by atoms with Crippen molar-refractivity contribution in [1.82, 2.24) is 29.9 Å². The Morgan fingerprint density at radius 3 is 3.13 bits per heavy atom. The van der Waals surface area contributed by atoms with E-state index in [1.54, 1.807) is 29.3 Å². The number of H-pyrrole nitrogens is 1. The first-order valence-corrected chi connectivity index (χ1v) is 7.40. The summed E-state index contributed by atoms with van der Waals surface area (Å²) in [5.41, 5.74) is 2.16. The minimum Gasteiger partial charge on any atom is -0.377 e. The average Bonchev–Trinajstić information content (AvgIpc) is 3.22. The van der Waals surface area contributed by atoms with Crippen LogP contribution in [-0.4, -0.2) is 55.5 Å². The minimum atomic E-state index is -0.154. The van der Waals surface area contributed by atoms with Crippen molar-refractivity contribution in [3.05, 3.63) is 42.0 Å². The Morgan fingerprint density at radius 2 is 2.30 bits per heavy atom. The molecule has 23 heavy (non-hydrogen) atoms. The lowest BCUT2D eigenvalue weighted by molar-refractivity contribution is -0.00481. The molecule has 4 heterocycles. The van der Waals surface area contributed by atoms with Gasteiger partial charge in [0, 0.05) is 26.0 Å². The first-order valence-electron chi connectivity index (χ1n) is 7.40. The molecule has 0 spiro atoms. The number of aryl methyl sites for hydroxylation is 1. The van der Waals surface area contributed by atoms with Crippen molar-refractivity contribution in [3.8, 4) is 0 Å². The second-order valence-corrected chi connectivity index (χ2v) is 5.46. The zero-order chi connectivity index (χ0) is 15.8. The number of nitrogens with one attached hydrogen (secondary N) is 1. The summed E-state index contributed by atoms with van der Waals surface area (Å²) in [7, 11) is 1.87. The number of nitrogens with zero attached hydrogens (tertiary/aromatic N) is 5. The van der Waals surface area contributed by atoms with Gasteiger partial charge in [-0.3, -0.25) is 14.6 Å². The molecule has 8 heteroatoms. The van der Waals surface area contributed by atoms with Crippen LogP contribution in [0.25, 0.3) is 11.0 Å². The van der Waals surface area contributed by atoms with Crippen LogP contribution in [0.5, 0.6) is 0 Å². The Bertz CT molecular complexity index is 854. The number of rotatable bonds is 2. The zero-order valence-corrected chi connectivity index (χ0v) is 12.6. The molecular formula is C15H16N6O2. The molecule has 1 unspecified atom stereocenters. The Labute approximate surface area is 132 Å². The molecule has 0 aromatic carbocycles. The second kappa shape index (κ2) is 5.47. The fourth-order valence-corrected chi connectivity index (χ4v) is 2.99. The molecule has 1 atom stereocenters. The van der Waals surface area contributed by atoms with Crippen LogP contribution >= 0.6 is 0 Å². The van der Waals surface area contributed by atoms with Gasteiger partial charge in [-0.25, -0.2) is 4.98 Å². The van der Waals surface area contributed by atoms with Crippen molar-refractivity contribution >= 4 is 16.9 Å². The van der Waals surface area contributed by atoms with Gasteiger partial charge in [-0.1, -0.05) is 0 Å². The lowest BCUT2D eigenvalue weighted by atomic mass is 10.1. The van der Waals surface area contributed by atoms with Gasteiger partial charge in [0.15, 0.2) is 5.65 Å². The van der Waals surface area contributed by atoms with E-state index in [1.807, 2.05) is 18.0 Å². The van der Waals surface area contributed by atoms with Crippen molar-refractivity contribution in [3.63, 3.8) is 0 Å². The molecule has 3 aromatic heterocycles. The van der Waals surface area contributed by atoms with E-state index in [2.05, 4.69) is 20.3 Å². The maximum absolute atomic E-state index is 13.1. The molecule has 0 bridgehead atoms. The third-order valence-corrected chi connectivity index (χ3v) is 4.17. The van der Waals surface area contributed by atoms with Crippen LogP contribution in [0.3, 0.4) is 0 Å². The number of hydrogen-bond donors (Lipinski definition) is 1. The number of aromatic amines is 1. The highest BCUT2D eigenvalue weighted by molar-refractivity contribution is 6.05. The number of aromatic nitrogens is 5. The molecule has 1 N–H and O–H groups in total. The van der Waals surface area contributed by atoms with Crippen molar-refractivity contribution in [2.24, 2.45) is 7.05 Å². The monoisotopic (exact) mass is 312 g/mol. The molecule has 1 fully saturated rings. The molecule has 1 aliphatic heterocycles. The fraction of sp³-hybridized carbons (Fsp3) is 0.333. The SMILES string of the molecule is Cn1nccc1C1COCCN1C(=O)c1ccnc2[nH]ncc12. The Hall–Kier alpha value is -2.74. The van der Waals surface area contributed by atoms with E-state index in [0.29, 0.717) is 31.0 Å². The number of morpholine rings is 1. The van der Waals surface area contributed by atoms with Crippen LogP contribution in [0, 0.1) is 0 Å². The Balaban J connectivity index is 1.73. The van der Waals surface area contributed by atoms with Crippen LogP contribution in [0.4, 0.5) is 0 Å². The summed E-state index contributed by atoms with van der Waals surface area (Å²) in [5.74, 6) is -0.0479. The molecule has 1 saturated heterocycles. The van der Waals surface area contributed by atoms with Crippen LogP contribution < -0.4 is 0 Å². The summed E-state index contributed by atoms with van der Waals surface area (Å²) < 4.78 is 7.36. The number of ether oxygens (including phenoxy) is 1. The number of fused-ring (bicyclic) bond motifs is 1. The number of hydrogen-bond acceptors (Lipinski definition) is 5.